The van der Waals surface area contributed by atoms with Crippen LogP contribution in [0.4, 0.5) is 30.2 Å². The number of nitro benzene ring substituents is 2. The maximum Gasteiger partial charge on any atom is 0.408 e. The molecule has 0 N–H and O–H groups in total. The van der Waals surface area contributed by atoms with Gasteiger partial charge in [0.15, 0.2) is 5.69 Å². The van der Waals surface area contributed by atoms with E-state index in [1.165, 1.54) is 6.92 Å². The minimum Gasteiger partial charge on any atom is -0.349 e. The smallest absolute Gasteiger partial charge is 0.349 e. The largest absolute Gasteiger partial charge is 0.408 e. The molecule has 1 rings (SSSR count). The molecule has 0 saturated heterocycles. The molecule has 0 aromatic heterocycles. The van der Waals surface area contributed by atoms with Gasteiger partial charge in [-0.15, -0.1) is 0 Å². The highest BCUT2D eigenvalue weighted by atomic mass is 19.4. The molecule has 0 radical (unpaired) electrons. The molecule has 0 heterocycles. The van der Waals surface area contributed by atoms with Gasteiger partial charge in [-0.2, -0.15) is 13.2 Å². The number of hydrogen-bond acceptors (Lipinski definition) is 5. The van der Waals surface area contributed by atoms with Crippen LogP contribution >= 0.6 is 0 Å². The number of anilines is 1. The lowest BCUT2D eigenvalue weighted by Crippen LogP contribution is -2.46. The van der Waals surface area contributed by atoms with Gasteiger partial charge in [-0.05, 0) is 18.9 Å². The first-order valence-electron chi connectivity index (χ1n) is 6.90. The van der Waals surface area contributed by atoms with Crippen molar-refractivity contribution in [3.05, 3.63) is 38.4 Å². The summed E-state index contributed by atoms with van der Waals surface area (Å²) >= 11 is 0. The molecule has 0 spiro atoms. The number of alkyl halides is 3. The van der Waals surface area contributed by atoms with Crippen LogP contribution in [-0.4, -0.2) is 28.6 Å². The van der Waals surface area contributed by atoms with Crippen LogP contribution in [0.15, 0.2) is 18.2 Å². The number of nitro groups is 2. The summed E-state index contributed by atoms with van der Waals surface area (Å²) in [5, 5.41) is 22.3. The normalized spacial score (nSPS) is 12.7. The van der Waals surface area contributed by atoms with Crippen LogP contribution in [0.25, 0.3) is 0 Å². The molecule has 1 aromatic rings. The number of rotatable bonds is 7. The minimum absolute atomic E-state index is 0.191. The first-order chi connectivity index (χ1) is 10.6. The lowest BCUT2D eigenvalue weighted by molar-refractivity contribution is -0.392. The van der Waals surface area contributed by atoms with Gasteiger partial charge in [0.1, 0.15) is 6.04 Å². The van der Waals surface area contributed by atoms with Crippen molar-refractivity contribution in [3.63, 3.8) is 0 Å². The standard InChI is InChI=1S/C13H16F3N3O4/c1-3-8-17(11(4-2)13(14,15)16)12-9(18(20)21)6-5-7-10(12)19(22)23/h5-7,11H,3-4,8H2,1-2H3. The monoisotopic (exact) mass is 335 g/mol. The summed E-state index contributed by atoms with van der Waals surface area (Å²) < 4.78 is 39.8. The van der Waals surface area contributed by atoms with Gasteiger partial charge in [0.05, 0.1) is 9.85 Å². The zero-order valence-corrected chi connectivity index (χ0v) is 12.5. The van der Waals surface area contributed by atoms with Gasteiger partial charge in [0.25, 0.3) is 11.4 Å². The van der Waals surface area contributed by atoms with Gasteiger partial charge in [0, 0.05) is 18.7 Å². The first kappa shape index (κ1) is 18.7. The lowest BCUT2D eigenvalue weighted by Gasteiger charge is -2.33. The number of hydrogen-bond donors (Lipinski definition) is 0. The van der Waals surface area contributed by atoms with E-state index >= 15 is 0 Å². The Hall–Kier alpha value is -2.39. The predicted octanol–water partition coefficient (Wildman–Crippen LogP) is 4.06. The van der Waals surface area contributed by atoms with Crippen LogP contribution in [0.1, 0.15) is 26.7 Å². The second-order valence-corrected chi connectivity index (χ2v) is 4.82. The van der Waals surface area contributed by atoms with Crippen LogP contribution in [0.5, 0.6) is 0 Å². The average Bonchev–Trinajstić information content (AvgIpc) is 2.44. The molecule has 0 amide bonds. The third-order valence-corrected chi connectivity index (χ3v) is 3.28. The minimum atomic E-state index is -4.67. The highest BCUT2D eigenvalue weighted by Crippen LogP contribution is 2.41. The van der Waals surface area contributed by atoms with Gasteiger partial charge in [0.2, 0.25) is 0 Å². The molecule has 0 aliphatic carbocycles. The SMILES string of the molecule is CCCN(c1c([N+](=O)[O-])cccc1[N+](=O)[O-])C(CC)C(F)(F)F. The third-order valence-electron chi connectivity index (χ3n) is 3.28. The van der Waals surface area contributed by atoms with Gasteiger partial charge in [-0.3, -0.25) is 20.2 Å². The summed E-state index contributed by atoms with van der Waals surface area (Å²) in [6.07, 6.45) is -4.80. The Kier molecular flexibility index (Phi) is 5.88. The molecular weight excluding hydrogens is 319 g/mol. The lowest BCUT2D eigenvalue weighted by atomic mass is 10.1. The van der Waals surface area contributed by atoms with Crippen LogP contribution < -0.4 is 4.90 Å². The number of para-hydroxylation sites is 1. The van der Waals surface area contributed by atoms with E-state index in [9.17, 15) is 33.4 Å². The Balaban J connectivity index is 3.64. The summed E-state index contributed by atoms with van der Waals surface area (Å²) in [4.78, 5) is 21.2. The van der Waals surface area contributed by atoms with Crippen molar-refractivity contribution in [1.82, 2.24) is 0 Å². The zero-order chi connectivity index (χ0) is 17.8. The van der Waals surface area contributed by atoms with E-state index in [1.807, 2.05) is 0 Å². The summed E-state index contributed by atoms with van der Waals surface area (Å²) in [6, 6.07) is 0.975. The molecule has 0 aliphatic heterocycles. The van der Waals surface area contributed by atoms with Gasteiger partial charge < -0.3 is 4.90 Å². The van der Waals surface area contributed by atoms with E-state index in [0.29, 0.717) is 0 Å². The molecule has 1 atom stereocenters. The second kappa shape index (κ2) is 7.25. The van der Waals surface area contributed by atoms with Crippen molar-refractivity contribution in [2.75, 3.05) is 11.4 Å². The maximum atomic E-state index is 13.3. The number of nitrogens with zero attached hydrogens (tertiary/aromatic N) is 3. The number of halogens is 3. The second-order valence-electron chi connectivity index (χ2n) is 4.82. The summed E-state index contributed by atoms with van der Waals surface area (Å²) in [5.74, 6) is 0. The zero-order valence-electron chi connectivity index (χ0n) is 12.5. The van der Waals surface area contributed by atoms with Crippen molar-refractivity contribution in [3.8, 4) is 0 Å². The first-order valence-corrected chi connectivity index (χ1v) is 6.90. The molecule has 1 unspecified atom stereocenters. The molecule has 0 fully saturated rings. The van der Waals surface area contributed by atoms with E-state index in [2.05, 4.69) is 0 Å². The predicted molar refractivity (Wildman–Crippen MR) is 77.5 cm³/mol. The summed E-state index contributed by atoms with van der Waals surface area (Å²) in [6.45, 7) is 2.68. The van der Waals surface area contributed by atoms with E-state index in [-0.39, 0.29) is 19.4 Å². The van der Waals surface area contributed by atoms with E-state index in [0.717, 1.165) is 23.1 Å². The fourth-order valence-corrected chi connectivity index (χ4v) is 2.40. The molecule has 7 nitrogen and oxygen atoms in total. The average molecular weight is 335 g/mol. The Morgan fingerprint density at radius 1 is 1.13 bits per heavy atom. The van der Waals surface area contributed by atoms with Crippen molar-refractivity contribution < 1.29 is 23.0 Å². The van der Waals surface area contributed by atoms with Crippen molar-refractivity contribution >= 4 is 17.1 Å². The fourth-order valence-electron chi connectivity index (χ4n) is 2.40. The molecule has 1 aromatic carbocycles. The fraction of sp³-hybridized carbons (Fsp3) is 0.538. The molecule has 128 valence electrons. The number of benzene rings is 1. The molecule has 0 saturated carbocycles. The Bertz CT molecular complexity index is 560. The van der Waals surface area contributed by atoms with E-state index in [1.54, 1.807) is 6.92 Å². The van der Waals surface area contributed by atoms with E-state index in [4.69, 9.17) is 0 Å². The van der Waals surface area contributed by atoms with Crippen LogP contribution in [0, 0.1) is 20.2 Å². The third kappa shape index (κ3) is 4.08. The van der Waals surface area contributed by atoms with Crippen LogP contribution in [0.3, 0.4) is 0 Å². The van der Waals surface area contributed by atoms with Crippen LogP contribution in [-0.2, 0) is 0 Å². The van der Waals surface area contributed by atoms with Crippen molar-refractivity contribution in [1.29, 1.82) is 0 Å². The maximum absolute atomic E-state index is 13.3. The molecule has 0 aliphatic rings. The Morgan fingerprint density at radius 2 is 1.61 bits per heavy atom. The van der Waals surface area contributed by atoms with Gasteiger partial charge in [-0.25, -0.2) is 0 Å². The molecule has 23 heavy (non-hydrogen) atoms. The molecule has 10 heteroatoms. The molecular formula is C13H16F3N3O4. The summed E-state index contributed by atoms with van der Waals surface area (Å²) in [5.41, 5.74) is -2.03. The summed E-state index contributed by atoms with van der Waals surface area (Å²) in [7, 11) is 0. The Labute approximate surface area is 130 Å². The van der Waals surface area contributed by atoms with Gasteiger partial charge >= 0.3 is 6.18 Å². The van der Waals surface area contributed by atoms with Gasteiger partial charge in [-0.1, -0.05) is 13.8 Å². The Morgan fingerprint density at radius 3 is 1.91 bits per heavy atom. The topological polar surface area (TPSA) is 89.5 Å². The van der Waals surface area contributed by atoms with E-state index < -0.39 is 39.1 Å². The quantitative estimate of drug-likeness (QED) is 0.553. The highest BCUT2D eigenvalue weighted by molar-refractivity contribution is 5.75. The highest BCUT2D eigenvalue weighted by Gasteiger charge is 2.45. The van der Waals surface area contributed by atoms with Crippen molar-refractivity contribution in [2.24, 2.45) is 0 Å². The van der Waals surface area contributed by atoms with Crippen molar-refractivity contribution in [2.45, 2.75) is 38.9 Å². The van der Waals surface area contributed by atoms with Crippen LogP contribution in [0.2, 0.25) is 0 Å². The molecule has 0 bridgehead atoms.